The third-order valence-electron chi connectivity index (χ3n) is 5.43. The molecule has 1 atom stereocenters. The summed E-state index contributed by atoms with van der Waals surface area (Å²) in [6, 6.07) is 2.16. The van der Waals surface area contributed by atoms with Crippen molar-refractivity contribution in [3.05, 3.63) is 18.0 Å². The van der Waals surface area contributed by atoms with E-state index in [0.29, 0.717) is 6.54 Å². The monoisotopic (exact) mass is 338 g/mol. The summed E-state index contributed by atoms with van der Waals surface area (Å²) in [5.41, 5.74) is 1.20. The maximum atomic E-state index is 12.1. The first-order chi connectivity index (χ1) is 11.1. The van der Waals surface area contributed by atoms with Crippen molar-refractivity contribution in [2.75, 3.05) is 19.6 Å². The number of rotatable bonds is 6. The molecule has 0 spiro atoms. The highest BCUT2D eigenvalue weighted by Gasteiger charge is 2.36. The van der Waals surface area contributed by atoms with Crippen LogP contribution in [0.4, 0.5) is 0 Å². The highest BCUT2D eigenvalue weighted by molar-refractivity contribution is 7.90. The Hall–Kier alpha value is -0.920. The predicted octanol–water partition coefficient (Wildman–Crippen LogP) is 1.51. The third kappa shape index (κ3) is 3.46. The van der Waals surface area contributed by atoms with Crippen molar-refractivity contribution in [2.24, 2.45) is 5.92 Å². The lowest BCUT2D eigenvalue weighted by Gasteiger charge is -2.35. The molecule has 23 heavy (non-hydrogen) atoms. The minimum Gasteiger partial charge on any atom is -0.295 e. The van der Waals surface area contributed by atoms with Gasteiger partial charge >= 0.3 is 0 Å². The number of fused-ring (bicyclic) bond motifs is 1. The van der Waals surface area contributed by atoms with E-state index in [-0.39, 0.29) is 11.3 Å². The van der Waals surface area contributed by atoms with Gasteiger partial charge < -0.3 is 0 Å². The van der Waals surface area contributed by atoms with Crippen molar-refractivity contribution in [3.63, 3.8) is 0 Å². The molecule has 3 aliphatic rings. The maximum absolute atomic E-state index is 12.1. The van der Waals surface area contributed by atoms with Crippen molar-refractivity contribution in [1.82, 2.24) is 19.4 Å². The fraction of sp³-hybridized carbons (Fsp3) is 0.812. The van der Waals surface area contributed by atoms with E-state index in [1.807, 2.05) is 10.9 Å². The Morgan fingerprint density at radius 1 is 1.22 bits per heavy atom. The van der Waals surface area contributed by atoms with Crippen molar-refractivity contribution in [3.8, 4) is 0 Å². The van der Waals surface area contributed by atoms with Crippen molar-refractivity contribution >= 4 is 10.0 Å². The van der Waals surface area contributed by atoms with Crippen LogP contribution in [0.3, 0.4) is 0 Å². The molecule has 4 rings (SSSR count). The van der Waals surface area contributed by atoms with Crippen LogP contribution in [0.5, 0.6) is 0 Å². The van der Waals surface area contributed by atoms with Gasteiger partial charge in [0, 0.05) is 32.4 Å². The fourth-order valence-electron chi connectivity index (χ4n) is 4.02. The standard InChI is InChI=1S/C16H26N4O2S/c21-23(22,16-5-6-16)18-9-15-12-19(10-13-3-1-2-4-13)11-14-7-8-17-20(14)15/h7-8,13,15-16,18H,1-6,9-12H2. The molecule has 2 aliphatic carbocycles. The Balaban J connectivity index is 1.42. The lowest BCUT2D eigenvalue weighted by atomic mass is 10.1. The lowest BCUT2D eigenvalue weighted by Crippen LogP contribution is -2.44. The zero-order valence-corrected chi connectivity index (χ0v) is 14.3. The number of nitrogens with zero attached hydrogens (tertiary/aromatic N) is 3. The highest BCUT2D eigenvalue weighted by atomic mass is 32.2. The van der Waals surface area contributed by atoms with Gasteiger partial charge in [-0.25, -0.2) is 13.1 Å². The summed E-state index contributed by atoms with van der Waals surface area (Å²) in [5, 5.41) is 4.27. The van der Waals surface area contributed by atoms with E-state index in [4.69, 9.17) is 0 Å². The largest absolute Gasteiger partial charge is 0.295 e. The molecule has 0 aromatic carbocycles. The number of nitrogens with one attached hydrogen (secondary N) is 1. The van der Waals surface area contributed by atoms with Gasteiger partial charge in [-0.1, -0.05) is 12.8 Å². The molecular formula is C16H26N4O2S. The van der Waals surface area contributed by atoms with E-state index >= 15 is 0 Å². The average molecular weight is 338 g/mol. The van der Waals surface area contributed by atoms with E-state index < -0.39 is 10.0 Å². The molecule has 1 aliphatic heterocycles. The van der Waals surface area contributed by atoms with Crippen LogP contribution in [0, 0.1) is 5.92 Å². The van der Waals surface area contributed by atoms with E-state index in [0.717, 1.165) is 38.4 Å². The molecule has 7 heteroatoms. The van der Waals surface area contributed by atoms with Gasteiger partial charge in [0.15, 0.2) is 0 Å². The van der Waals surface area contributed by atoms with E-state index in [1.165, 1.54) is 31.4 Å². The fourth-order valence-corrected chi connectivity index (χ4v) is 5.44. The molecule has 1 aromatic rings. The number of hydrogen-bond acceptors (Lipinski definition) is 4. The molecule has 0 saturated heterocycles. The second kappa shape index (κ2) is 6.18. The summed E-state index contributed by atoms with van der Waals surface area (Å²) in [6.45, 7) is 3.41. The molecule has 1 N–H and O–H groups in total. The summed E-state index contributed by atoms with van der Waals surface area (Å²) in [7, 11) is -3.12. The normalized spacial score (nSPS) is 26.5. The van der Waals surface area contributed by atoms with Crippen LogP contribution < -0.4 is 4.72 Å². The first kappa shape index (κ1) is 15.6. The SMILES string of the molecule is O=S(=O)(NCC1CN(CC2CCCC2)Cc2ccnn21)C1CC1. The minimum atomic E-state index is -3.12. The number of hydrogen-bond donors (Lipinski definition) is 1. The van der Waals surface area contributed by atoms with E-state index in [9.17, 15) is 8.42 Å². The molecule has 1 unspecified atom stereocenters. The van der Waals surface area contributed by atoms with Crippen LogP contribution in [0.1, 0.15) is 50.3 Å². The second-order valence-electron chi connectivity index (χ2n) is 7.36. The van der Waals surface area contributed by atoms with Crippen LogP contribution >= 0.6 is 0 Å². The minimum absolute atomic E-state index is 0.101. The van der Waals surface area contributed by atoms with Gasteiger partial charge in [0.25, 0.3) is 0 Å². The smallest absolute Gasteiger partial charge is 0.214 e. The highest BCUT2D eigenvalue weighted by Crippen LogP contribution is 2.30. The van der Waals surface area contributed by atoms with E-state index in [2.05, 4.69) is 20.8 Å². The van der Waals surface area contributed by atoms with Crippen LogP contribution in [0.15, 0.2) is 12.3 Å². The summed E-state index contributed by atoms with van der Waals surface area (Å²) in [5.74, 6) is 0.813. The van der Waals surface area contributed by atoms with Gasteiger partial charge in [-0.15, -0.1) is 0 Å². The summed E-state index contributed by atoms with van der Waals surface area (Å²) in [4.78, 5) is 2.49. The van der Waals surface area contributed by atoms with Crippen LogP contribution in [0.25, 0.3) is 0 Å². The molecule has 0 bridgehead atoms. The molecular weight excluding hydrogens is 312 g/mol. The molecule has 1 aromatic heterocycles. The molecule has 0 amide bonds. The van der Waals surface area contributed by atoms with Crippen LogP contribution in [-0.4, -0.2) is 48.0 Å². The van der Waals surface area contributed by atoms with Gasteiger partial charge in [0.05, 0.1) is 17.0 Å². The quantitative estimate of drug-likeness (QED) is 0.854. The zero-order valence-electron chi connectivity index (χ0n) is 13.5. The average Bonchev–Trinajstić information content (AvgIpc) is 3.08. The lowest BCUT2D eigenvalue weighted by molar-refractivity contribution is 0.152. The topological polar surface area (TPSA) is 67.2 Å². The Morgan fingerprint density at radius 3 is 2.74 bits per heavy atom. The van der Waals surface area contributed by atoms with Crippen LogP contribution in [0.2, 0.25) is 0 Å². The zero-order chi connectivity index (χ0) is 15.9. The number of sulfonamides is 1. The van der Waals surface area contributed by atoms with Gasteiger partial charge in [-0.3, -0.25) is 9.58 Å². The van der Waals surface area contributed by atoms with Crippen molar-refractivity contribution in [1.29, 1.82) is 0 Å². The van der Waals surface area contributed by atoms with Gasteiger partial charge in [-0.05, 0) is 37.7 Å². The Kier molecular flexibility index (Phi) is 4.19. The Morgan fingerprint density at radius 2 is 2.00 bits per heavy atom. The Labute approximate surface area is 138 Å². The molecule has 2 fully saturated rings. The summed E-state index contributed by atoms with van der Waals surface area (Å²) >= 11 is 0. The first-order valence-electron chi connectivity index (χ1n) is 8.85. The molecule has 128 valence electrons. The van der Waals surface area contributed by atoms with Crippen molar-refractivity contribution in [2.45, 2.75) is 56.4 Å². The first-order valence-corrected chi connectivity index (χ1v) is 10.4. The van der Waals surface area contributed by atoms with Gasteiger partial charge in [0.1, 0.15) is 0 Å². The molecule has 2 heterocycles. The predicted molar refractivity (Wildman–Crippen MR) is 88.4 cm³/mol. The second-order valence-corrected chi connectivity index (χ2v) is 9.40. The molecule has 2 saturated carbocycles. The van der Waals surface area contributed by atoms with Crippen LogP contribution in [-0.2, 0) is 16.6 Å². The van der Waals surface area contributed by atoms with Crippen molar-refractivity contribution < 1.29 is 8.42 Å². The Bertz CT molecular complexity index is 647. The number of aromatic nitrogens is 2. The van der Waals surface area contributed by atoms with Gasteiger partial charge in [-0.2, -0.15) is 5.10 Å². The molecule has 6 nitrogen and oxygen atoms in total. The maximum Gasteiger partial charge on any atom is 0.214 e. The summed E-state index contributed by atoms with van der Waals surface area (Å²) in [6.07, 6.45) is 8.85. The summed E-state index contributed by atoms with van der Waals surface area (Å²) < 4.78 is 29.0. The van der Waals surface area contributed by atoms with E-state index in [1.54, 1.807) is 0 Å². The third-order valence-corrected chi connectivity index (χ3v) is 7.35. The van der Waals surface area contributed by atoms with Gasteiger partial charge in [0.2, 0.25) is 10.0 Å². The molecule has 0 radical (unpaired) electrons.